The monoisotopic (exact) mass is 560 g/mol. The van der Waals surface area contributed by atoms with Crippen LogP contribution in [0.4, 0.5) is 16.0 Å². The molecule has 0 unspecified atom stereocenters. The highest BCUT2D eigenvalue weighted by molar-refractivity contribution is 5.87. The van der Waals surface area contributed by atoms with Crippen molar-refractivity contribution in [3.63, 3.8) is 0 Å². The number of aromatic nitrogens is 3. The molecule has 1 N–H and O–H groups in total. The maximum Gasteiger partial charge on any atom is 0.355 e. The van der Waals surface area contributed by atoms with Crippen LogP contribution >= 0.6 is 0 Å². The summed E-state index contributed by atoms with van der Waals surface area (Å²) in [6.07, 6.45) is 4.08. The highest BCUT2D eigenvalue weighted by atomic mass is 19.1. The third-order valence-electron chi connectivity index (χ3n) is 8.29. The van der Waals surface area contributed by atoms with E-state index in [-0.39, 0.29) is 29.2 Å². The van der Waals surface area contributed by atoms with Gasteiger partial charge in [0.15, 0.2) is 0 Å². The molecular formula is C31H37FN6O3. The Morgan fingerprint density at radius 1 is 1.24 bits per heavy atom. The van der Waals surface area contributed by atoms with Crippen molar-refractivity contribution in [1.82, 2.24) is 19.4 Å². The average Bonchev–Trinajstić information content (AvgIpc) is 2.93. The number of aromatic hydroxyl groups is 1. The zero-order chi connectivity index (χ0) is 29.6. The minimum absolute atomic E-state index is 0.0305. The molecular weight excluding hydrogens is 523 g/mol. The van der Waals surface area contributed by atoms with Crippen LogP contribution in [0.1, 0.15) is 61.5 Å². The molecule has 0 aliphatic carbocycles. The summed E-state index contributed by atoms with van der Waals surface area (Å²) in [5.41, 5.74) is 2.92. The number of phenols is 1. The van der Waals surface area contributed by atoms with Crippen LogP contribution in [0.5, 0.6) is 5.75 Å². The van der Waals surface area contributed by atoms with Crippen molar-refractivity contribution in [2.24, 2.45) is 0 Å². The molecule has 216 valence electrons. The zero-order valence-electron chi connectivity index (χ0n) is 24.3. The van der Waals surface area contributed by atoms with E-state index in [1.165, 1.54) is 24.3 Å². The summed E-state index contributed by atoms with van der Waals surface area (Å²) in [5.74, 6) is 0.477. The number of benzene rings is 1. The first-order valence-electron chi connectivity index (χ1n) is 14.0. The number of hydrogen-bond acceptors (Lipinski definition) is 7. The predicted octanol–water partition coefficient (Wildman–Crippen LogP) is 4.25. The zero-order valence-corrected chi connectivity index (χ0v) is 24.3. The largest absolute Gasteiger partial charge is 0.507 e. The van der Waals surface area contributed by atoms with Crippen molar-refractivity contribution in [2.75, 3.05) is 36.5 Å². The highest BCUT2D eigenvalue weighted by Crippen LogP contribution is 2.44. The molecule has 2 aromatic heterocycles. The van der Waals surface area contributed by atoms with Gasteiger partial charge in [-0.2, -0.15) is 4.98 Å². The summed E-state index contributed by atoms with van der Waals surface area (Å²) in [6, 6.07) is 5.58. The van der Waals surface area contributed by atoms with E-state index in [9.17, 15) is 14.7 Å². The molecule has 2 aliphatic rings. The number of halogens is 1. The molecule has 2 aliphatic heterocycles. The molecule has 2 atom stereocenters. The minimum Gasteiger partial charge on any atom is -0.507 e. The average molecular weight is 561 g/mol. The highest BCUT2D eigenvalue weighted by Gasteiger charge is 2.37. The van der Waals surface area contributed by atoms with Crippen LogP contribution in [0, 0.1) is 12.7 Å². The van der Waals surface area contributed by atoms with Crippen molar-refractivity contribution < 1.29 is 14.3 Å². The lowest BCUT2D eigenvalue weighted by atomic mass is 9.92. The molecule has 1 amide bonds. The van der Waals surface area contributed by atoms with E-state index >= 15 is 4.39 Å². The Morgan fingerprint density at radius 2 is 2.00 bits per heavy atom. The summed E-state index contributed by atoms with van der Waals surface area (Å²) >= 11 is 0. The van der Waals surface area contributed by atoms with Crippen LogP contribution in [0.2, 0.25) is 0 Å². The van der Waals surface area contributed by atoms with E-state index in [1.807, 2.05) is 45.7 Å². The number of anilines is 2. The van der Waals surface area contributed by atoms with Crippen molar-refractivity contribution in [3.8, 4) is 11.4 Å². The second-order valence-electron chi connectivity index (χ2n) is 11.2. The number of carbonyl (C=O) groups is 1. The van der Waals surface area contributed by atoms with Gasteiger partial charge in [-0.25, -0.2) is 13.8 Å². The van der Waals surface area contributed by atoms with Gasteiger partial charge in [0.2, 0.25) is 5.91 Å². The fourth-order valence-electron chi connectivity index (χ4n) is 6.27. The van der Waals surface area contributed by atoms with Gasteiger partial charge in [0.1, 0.15) is 23.2 Å². The molecule has 5 rings (SSSR count). The summed E-state index contributed by atoms with van der Waals surface area (Å²) < 4.78 is 16.8. The third kappa shape index (κ3) is 4.85. The fraction of sp³-hybridized carbons (Fsp3) is 0.419. The molecule has 1 aromatic carbocycles. The van der Waals surface area contributed by atoms with Crippen molar-refractivity contribution in [1.29, 1.82) is 0 Å². The smallest absolute Gasteiger partial charge is 0.355 e. The standard InChI is InChI=1S/C31H37FN6O3/c1-7-25(40)36-15-16-37(20(5)17-36)29-21-11-12-23(26-22(32)9-8-10-24(26)39)35(6)30(21)38(31(41)34-29)28-19(4)13-14-33-27(28)18(2)3/h7-10,13-14,18,20,23,39H,1,11-12,15-17H2,2-6H3/t20-,23+/m0/s1. The van der Waals surface area contributed by atoms with E-state index in [0.717, 1.165) is 16.8 Å². The molecule has 10 heteroatoms. The SMILES string of the molecule is C=CC(=O)N1CCN(c2nc(=O)n(-c3c(C)ccnc3C(C)C)c3c2CC[C@H](c2c(O)cccc2F)N3C)[C@@H](C)C1. The van der Waals surface area contributed by atoms with Gasteiger partial charge in [-0.05, 0) is 62.4 Å². The molecule has 9 nitrogen and oxygen atoms in total. The number of fused-ring (bicyclic) bond motifs is 1. The summed E-state index contributed by atoms with van der Waals surface area (Å²) in [7, 11) is 1.83. The first-order valence-corrected chi connectivity index (χ1v) is 14.0. The lowest BCUT2D eigenvalue weighted by molar-refractivity contribution is -0.126. The van der Waals surface area contributed by atoms with Gasteiger partial charge in [-0.3, -0.25) is 9.78 Å². The lowest BCUT2D eigenvalue weighted by Gasteiger charge is -2.43. The minimum atomic E-state index is -0.511. The lowest BCUT2D eigenvalue weighted by Crippen LogP contribution is -2.54. The van der Waals surface area contributed by atoms with Gasteiger partial charge < -0.3 is 19.8 Å². The number of piperazine rings is 1. The van der Waals surface area contributed by atoms with Crippen LogP contribution in [-0.4, -0.2) is 63.2 Å². The van der Waals surface area contributed by atoms with E-state index < -0.39 is 17.5 Å². The molecule has 0 radical (unpaired) electrons. The van der Waals surface area contributed by atoms with E-state index in [0.29, 0.717) is 49.8 Å². The van der Waals surface area contributed by atoms with Gasteiger partial charge in [0, 0.05) is 44.5 Å². The molecule has 0 saturated carbocycles. The van der Waals surface area contributed by atoms with Gasteiger partial charge >= 0.3 is 5.69 Å². The van der Waals surface area contributed by atoms with Crippen molar-refractivity contribution in [2.45, 2.75) is 58.5 Å². The first-order chi connectivity index (χ1) is 19.5. The Kier molecular flexibility index (Phi) is 7.59. The van der Waals surface area contributed by atoms with Crippen LogP contribution in [-0.2, 0) is 11.2 Å². The van der Waals surface area contributed by atoms with Crippen LogP contribution in [0.25, 0.3) is 5.69 Å². The summed E-state index contributed by atoms with van der Waals surface area (Å²) in [6.45, 7) is 13.1. The first kappa shape index (κ1) is 28.3. The molecule has 3 aromatic rings. The Morgan fingerprint density at radius 3 is 2.66 bits per heavy atom. The Labute approximate surface area is 239 Å². The number of phenolic OH excluding ortho intramolecular Hbond substituents is 1. The van der Waals surface area contributed by atoms with Crippen molar-refractivity contribution >= 4 is 17.5 Å². The Hall–Kier alpha value is -4.21. The molecule has 1 fully saturated rings. The Bertz CT molecular complexity index is 1550. The number of rotatable bonds is 5. The molecule has 0 spiro atoms. The summed E-state index contributed by atoms with van der Waals surface area (Å²) in [5, 5.41) is 10.7. The van der Waals surface area contributed by atoms with Crippen LogP contribution in [0.3, 0.4) is 0 Å². The van der Waals surface area contributed by atoms with Crippen molar-refractivity contribution in [3.05, 3.63) is 81.8 Å². The molecule has 41 heavy (non-hydrogen) atoms. The normalized spacial score (nSPS) is 19.0. The predicted molar refractivity (Wildman–Crippen MR) is 158 cm³/mol. The second-order valence-corrected chi connectivity index (χ2v) is 11.2. The van der Waals surface area contributed by atoms with E-state index in [4.69, 9.17) is 0 Å². The van der Waals surface area contributed by atoms with Gasteiger partial charge in [0.25, 0.3) is 0 Å². The summed E-state index contributed by atoms with van der Waals surface area (Å²) in [4.78, 5) is 41.4. The van der Waals surface area contributed by atoms with Crippen LogP contribution in [0.15, 0.2) is 47.9 Å². The quantitative estimate of drug-likeness (QED) is 0.466. The maximum absolute atomic E-state index is 15.1. The number of pyridine rings is 1. The molecule has 0 bridgehead atoms. The third-order valence-corrected chi connectivity index (χ3v) is 8.29. The number of hydrogen-bond donors (Lipinski definition) is 1. The second kappa shape index (κ2) is 11.0. The maximum atomic E-state index is 15.1. The number of amides is 1. The number of carbonyl (C=O) groups excluding carboxylic acids is 1. The van der Waals surface area contributed by atoms with E-state index in [2.05, 4.69) is 21.4 Å². The number of nitrogens with zero attached hydrogens (tertiary/aromatic N) is 6. The van der Waals surface area contributed by atoms with Gasteiger partial charge in [0.05, 0.1) is 23.0 Å². The number of aryl methyl sites for hydroxylation is 1. The van der Waals surface area contributed by atoms with E-state index in [1.54, 1.807) is 15.7 Å². The topological polar surface area (TPSA) is 94.8 Å². The van der Waals surface area contributed by atoms with Gasteiger partial charge in [-0.15, -0.1) is 0 Å². The fourth-order valence-corrected chi connectivity index (χ4v) is 6.27. The molecule has 1 saturated heterocycles. The van der Waals surface area contributed by atoms with Crippen LogP contribution < -0.4 is 15.5 Å². The van der Waals surface area contributed by atoms with Gasteiger partial charge in [-0.1, -0.05) is 26.5 Å². The Balaban J connectivity index is 1.73. The molecule has 4 heterocycles.